The number of fused-ring (bicyclic) bond motifs is 1. The summed E-state index contributed by atoms with van der Waals surface area (Å²) < 4.78 is 10.8. The summed E-state index contributed by atoms with van der Waals surface area (Å²) in [7, 11) is 0. The number of aromatic nitrogens is 3. The average molecular weight is 345 g/mol. The molecule has 7 nitrogen and oxygen atoms in total. The lowest BCUT2D eigenvalue weighted by Gasteiger charge is -2.08. The lowest BCUT2D eigenvalue weighted by molar-refractivity contribution is 0.174. The number of pyridine rings is 1. The van der Waals surface area contributed by atoms with Crippen LogP contribution in [0.25, 0.3) is 11.3 Å². The van der Waals surface area contributed by atoms with E-state index in [4.69, 9.17) is 20.9 Å². The summed E-state index contributed by atoms with van der Waals surface area (Å²) in [5.41, 5.74) is 15.1. The van der Waals surface area contributed by atoms with E-state index in [0.29, 0.717) is 34.3 Å². The van der Waals surface area contributed by atoms with Crippen molar-refractivity contribution in [3.63, 3.8) is 0 Å². The first kappa shape index (κ1) is 15.7. The van der Waals surface area contributed by atoms with Gasteiger partial charge in [-0.05, 0) is 37.3 Å². The number of anilines is 2. The van der Waals surface area contributed by atoms with Crippen molar-refractivity contribution in [1.82, 2.24) is 15.0 Å². The quantitative estimate of drug-likeness (QED) is 0.650. The van der Waals surface area contributed by atoms with E-state index in [0.717, 1.165) is 11.1 Å². The summed E-state index contributed by atoms with van der Waals surface area (Å²) in [5, 5.41) is 0. The Morgan fingerprint density at radius 3 is 2.65 bits per heavy atom. The van der Waals surface area contributed by atoms with Gasteiger partial charge in [0, 0.05) is 17.3 Å². The van der Waals surface area contributed by atoms with Crippen molar-refractivity contribution in [3.05, 3.63) is 53.3 Å². The zero-order chi connectivity index (χ0) is 18.1. The van der Waals surface area contributed by atoms with Crippen LogP contribution in [0.4, 0.5) is 11.8 Å². The summed E-state index contributed by atoms with van der Waals surface area (Å²) >= 11 is 0. The molecule has 0 atom stereocenters. The van der Waals surface area contributed by atoms with Gasteiger partial charge in [-0.3, -0.25) is 0 Å². The molecule has 0 amide bonds. The van der Waals surface area contributed by atoms with Gasteiger partial charge in [-0.15, -0.1) is 0 Å². The Morgan fingerprint density at radius 2 is 1.85 bits per heavy atom. The van der Waals surface area contributed by atoms with E-state index in [1.807, 2.05) is 31.2 Å². The molecule has 0 fully saturated rings. The second-order valence-electron chi connectivity index (χ2n) is 5.68. The van der Waals surface area contributed by atoms with E-state index in [9.17, 15) is 0 Å². The fourth-order valence-corrected chi connectivity index (χ4v) is 2.61. The van der Waals surface area contributed by atoms with Crippen molar-refractivity contribution >= 4 is 11.8 Å². The predicted octanol–water partition coefficient (Wildman–Crippen LogP) is 2.14. The van der Waals surface area contributed by atoms with Gasteiger partial charge < -0.3 is 20.9 Å². The molecule has 1 aromatic carbocycles. The molecule has 7 heteroatoms. The first-order valence-corrected chi connectivity index (χ1v) is 7.88. The fourth-order valence-electron chi connectivity index (χ4n) is 2.61. The van der Waals surface area contributed by atoms with E-state index in [1.54, 1.807) is 12.3 Å². The number of nitrogen functional groups attached to an aromatic ring is 2. The first-order chi connectivity index (χ1) is 12.6. The number of nitrogens with two attached hydrogens (primary N) is 2. The molecular formula is C19H15N5O2. The number of hydrogen-bond donors (Lipinski definition) is 2. The normalized spacial score (nSPS) is 11.7. The summed E-state index contributed by atoms with van der Waals surface area (Å²) in [6.07, 6.45) is 1.62. The number of benzene rings is 1. The molecule has 4 N–H and O–H groups in total. The van der Waals surface area contributed by atoms with Crippen LogP contribution in [0.1, 0.15) is 16.8 Å². The second kappa shape index (κ2) is 6.26. The smallest absolute Gasteiger partial charge is 0.231 e. The van der Waals surface area contributed by atoms with Crippen molar-refractivity contribution in [1.29, 1.82) is 0 Å². The lowest BCUT2D eigenvalue weighted by Crippen LogP contribution is -2.03. The third-order valence-electron chi connectivity index (χ3n) is 3.87. The van der Waals surface area contributed by atoms with Gasteiger partial charge in [0.25, 0.3) is 0 Å². The molecule has 1 aliphatic rings. The van der Waals surface area contributed by atoms with Crippen molar-refractivity contribution < 1.29 is 9.47 Å². The summed E-state index contributed by atoms with van der Waals surface area (Å²) in [4.78, 5) is 12.7. The average Bonchev–Trinajstić information content (AvgIpc) is 3.09. The van der Waals surface area contributed by atoms with Crippen molar-refractivity contribution in [2.24, 2.45) is 0 Å². The van der Waals surface area contributed by atoms with Gasteiger partial charge in [-0.25, -0.2) is 15.0 Å². The molecule has 0 bridgehead atoms. The van der Waals surface area contributed by atoms with Crippen LogP contribution in [0.15, 0.2) is 36.5 Å². The molecule has 26 heavy (non-hydrogen) atoms. The van der Waals surface area contributed by atoms with Gasteiger partial charge in [0.15, 0.2) is 11.5 Å². The number of rotatable bonds is 1. The molecule has 1 aliphatic heterocycles. The SMILES string of the molecule is Cc1nc(N)nc(-c2ccc3c(c2)OCO3)c1C#Cc1ccc(N)nc1. The highest BCUT2D eigenvalue weighted by Crippen LogP contribution is 2.36. The van der Waals surface area contributed by atoms with Gasteiger partial charge in [0.05, 0.1) is 17.0 Å². The third-order valence-corrected chi connectivity index (χ3v) is 3.87. The Morgan fingerprint density at radius 1 is 1.00 bits per heavy atom. The standard InChI is InChI=1S/C19H15N5O2/c1-11-14(5-2-12-3-7-17(20)22-9-12)18(24-19(21)23-11)13-4-6-15-16(8-13)26-10-25-15/h3-4,6-9H,10H2,1H3,(H2,20,22)(H2,21,23,24). The van der Waals surface area contributed by atoms with Crippen molar-refractivity contribution in [2.75, 3.05) is 18.3 Å². The van der Waals surface area contributed by atoms with Gasteiger partial charge in [-0.2, -0.15) is 0 Å². The predicted molar refractivity (Wildman–Crippen MR) is 97.4 cm³/mol. The highest BCUT2D eigenvalue weighted by Gasteiger charge is 2.17. The van der Waals surface area contributed by atoms with E-state index >= 15 is 0 Å². The van der Waals surface area contributed by atoms with Gasteiger partial charge in [-0.1, -0.05) is 11.8 Å². The van der Waals surface area contributed by atoms with Crippen LogP contribution in [0.3, 0.4) is 0 Å². The molecule has 4 rings (SSSR count). The monoisotopic (exact) mass is 345 g/mol. The van der Waals surface area contributed by atoms with Gasteiger partial charge in [0.2, 0.25) is 12.7 Å². The number of aryl methyl sites for hydroxylation is 1. The van der Waals surface area contributed by atoms with E-state index in [2.05, 4.69) is 26.8 Å². The summed E-state index contributed by atoms with van der Waals surface area (Å²) in [6.45, 7) is 2.06. The zero-order valence-corrected chi connectivity index (χ0v) is 14.0. The van der Waals surface area contributed by atoms with Crippen LogP contribution in [0, 0.1) is 18.8 Å². The van der Waals surface area contributed by atoms with Gasteiger partial charge >= 0.3 is 0 Å². The maximum atomic E-state index is 5.85. The van der Waals surface area contributed by atoms with E-state index in [1.165, 1.54) is 0 Å². The molecule has 0 radical (unpaired) electrons. The molecular weight excluding hydrogens is 330 g/mol. The Labute approximate surface area is 150 Å². The van der Waals surface area contributed by atoms with Crippen LogP contribution < -0.4 is 20.9 Å². The largest absolute Gasteiger partial charge is 0.454 e. The minimum atomic E-state index is 0.190. The Balaban J connectivity index is 1.81. The number of nitrogens with zero attached hydrogens (tertiary/aromatic N) is 3. The van der Waals surface area contributed by atoms with Crippen molar-refractivity contribution in [2.45, 2.75) is 6.92 Å². The molecule has 3 aromatic rings. The number of hydrogen-bond acceptors (Lipinski definition) is 7. The van der Waals surface area contributed by atoms with Crippen LogP contribution in [0.5, 0.6) is 11.5 Å². The third kappa shape index (κ3) is 2.96. The Bertz CT molecular complexity index is 1050. The number of ether oxygens (including phenoxy) is 2. The van der Waals surface area contributed by atoms with Crippen LogP contribution in [-0.4, -0.2) is 21.7 Å². The minimum absolute atomic E-state index is 0.190. The van der Waals surface area contributed by atoms with Crippen molar-refractivity contribution in [3.8, 4) is 34.6 Å². The van der Waals surface area contributed by atoms with Crippen LogP contribution in [0.2, 0.25) is 0 Å². The molecule has 0 spiro atoms. The molecule has 0 saturated heterocycles. The topological polar surface area (TPSA) is 109 Å². The zero-order valence-electron chi connectivity index (χ0n) is 14.0. The van der Waals surface area contributed by atoms with Gasteiger partial charge in [0.1, 0.15) is 5.82 Å². The molecule has 0 unspecified atom stereocenters. The van der Waals surface area contributed by atoms with E-state index in [-0.39, 0.29) is 12.7 Å². The maximum Gasteiger partial charge on any atom is 0.231 e. The fraction of sp³-hybridized carbons (Fsp3) is 0.105. The molecule has 128 valence electrons. The minimum Gasteiger partial charge on any atom is -0.454 e. The second-order valence-corrected chi connectivity index (χ2v) is 5.68. The molecule has 0 aliphatic carbocycles. The highest BCUT2D eigenvalue weighted by atomic mass is 16.7. The Hall–Kier alpha value is -3.79. The molecule has 3 heterocycles. The molecule has 0 saturated carbocycles. The Kier molecular flexibility index (Phi) is 3.78. The summed E-state index contributed by atoms with van der Waals surface area (Å²) in [6, 6.07) is 9.11. The van der Waals surface area contributed by atoms with E-state index < -0.39 is 0 Å². The molecule has 2 aromatic heterocycles. The highest BCUT2D eigenvalue weighted by molar-refractivity contribution is 5.72. The summed E-state index contributed by atoms with van der Waals surface area (Å²) in [5.74, 6) is 8.20. The maximum absolute atomic E-state index is 5.85. The first-order valence-electron chi connectivity index (χ1n) is 7.88. The lowest BCUT2D eigenvalue weighted by atomic mass is 10.0. The van der Waals surface area contributed by atoms with Crippen LogP contribution >= 0.6 is 0 Å². The van der Waals surface area contributed by atoms with Crippen LogP contribution in [-0.2, 0) is 0 Å².